The van der Waals surface area contributed by atoms with Crippen LogP contribution in [0.2, 0.25) is 0 Å². The van der Waals surface area contributed by atoms with Crippen LogP contribution >= 0.6 is 0 Å². The van der Waals surface area contributed by atoms with Crippen LogP contribution < -0.4 is 5.32 Å². The van der Waals surface area contributed by atoms with Crippen molar-refractivity contribution in [1.29, 1.82) is 0 Å². The predicted molar refractivity (Wildman–Crippen MR) is 85.2 cm³/mol. The molecular formula is C17H27NO3. The maximum absolute atomic E-state index is 12.1. The molecule has 0 bridgehead atoms. The molecule has 1 aromatic rings. The maximum Gasteiger partial charge on any atom is 0.227 e. The molecule has 0 aliphatic heterocycles. The summed E-state index contributed by atoms with van der Waals surface area (Å²) < 4.78 is 5.08. The van der Waals surface area contributed by atoms with E-state index in [1.807, 2.05) is 38.1 Å². The van der Waals surface area contributed by atoms with Crippen molar-refractivity contribution in [2.24, 2.45) is 0 Å². The zero-order valence-corrected chi connectivity index (χ0v) is 13.3. The SMILES string of the molecule is CCCC(O)(CCC)CC(=O)Nc1cccc(COC)c1. The largest absolute Gasteiger partial charge is 0.389 e. The summed E-state index contributed by atoms with van der Waals surface area (Å²) in [6.07, 6.45) is 3.18. The second kappa shape index (κ2) is 8.80. The third kappa shape index (κ3) is 6.27. The number of methoxy groups -OCH3 is 1. The number of aliphatic hydroxyl groups is 1. The van der Waals surface area contributed by atoms with Gasteiger partial charge >= 0.3 is 0 Å². The van der Waals surface area contributed by atoms with E-state index in [0.29, 0.717) is 19.4 Å². The summed E-state index contributed by atoms with van der Waals surface area (Å²) in [5, 5.41) is 13.4. The van der Waals surface area contributed by atoms with Gasteiger partial charge in [-0.1, -0.05) is 38.8 Å². The summed E-state index contributed by atoms with van der Waals surface area (Å²) in [6, 6.07) is 7.56. The number of hydrogen-bond acceptors (Lipinski definition) is 3. The summed E-state index contributed by atoms with van der Waals surface area (Å²) in [4.78, 5) is 12.1. The van der Waals surface area contributed by atoms with Gasteiger partial charge in [0.15, 0.2) is 0 Å². The smallest absolute Gasteiger partial charge is 0.227 e. The van der Waals surface area contributed by atoms with Crippen LogP contribution in [0.1, 0.15) is 51.5 Å². The minimum absolute atomic E-state index is 0.142. The second-order valence-corrected chi connectivity index (χ2v) is 5.58. The minimum Gasteiger partial charge on any atom is -0.389 e. The highest BCUT2D eigenvalue weighted by atomic mass is 16.5. The molecule has 1 aromatic carbocycles. The number of hydrogen-bond donors (Lipinski definition) is 2. The standard InChI is InChI=1S/C17H27NO3/c1-4-9-17(20,10-5-2)12-16(19)18-15-8-6-7-14(11-15)13-21-3/h6-8,11,20H,4-5,9-10,12-13H2,1-3H3,(H,18,19). The van der Waals surface area contributed by atoms with Gasteiger partial charge in [-0.2, -0.15) is 0 Å². The lowest BCUT2D eigenvalue weighted by molar-refractivity contribution is -0.121. The Morgan fingerprint density at radius 1 is 1.29 bits per heavy atom. The lowest BCUT2D eigenvalue weighted by Gasteiger charge is -2.26. The quantitative estimate of drug-likeness (QED) is 0.732. The number of carbonyl (C=O) groups is 1. The van der Waals surface area contributed by atoms with Crippen molar-refractivity contribution in [2.75, 3.05) is 12.4 Å². The molecule has 0 spiro atoms. The van der Waals surface area contributed by atoms with E-state index in [1.54, 1.807) is 7.11 Å². The Morgan fingerprint density at radius 3 is 2.52 bits per heavy atom. The molecule has 2 N–H and O–H groups in total. The van der Waals surface area contributed by atoms with E-state index in [9.17, 15) is 9.90 Å². The Balaban J connectivity index is 2.65. The molecule has 0 unspecified atom stereocenters. The van der Waals surface area contributed by atoms with Gasteiger partial charge < -0.3 is 15.2 Å². The van der Waals surface area contributed by atoms with Crippen molar-refractivity contribution in [3.05, 3.63) is 29.8 Å². The number of carbonyl (C=O) groups excluding carboxylic acids is 1. The Morgan fingerprint density at radius 2 is 1.95 bits per heavy atom. The number of amides is 1. The van der Waals surface area contributed by atoms with Gasteiger partial charge in [-0.3, -0.25) is 4.79 Å². The Hall–Kier alpha value is -1.39. The van der Waals surface area contributed by atoms with Gasteiger partial charge in [0, 0.05) is 12.8 Å². The number of anilines is 1. The molecule has 0 saturated carbocycles. The molecule has 1 amide bonds. The average molecular weight is 293 g/mol. The Bertz CT molecular complexity index is 439. The maximum atomic E-state index is 12.1. The molecule has 118 valence electrons. The summed E-state index contributed by atoms with van der Waals surface area (Å²) >= 11 is 0. The highest BCUT2D eigenvalue weighted by Gasteiger charge is 2.28. The highest BCUT2D eigenvalue weighted by molar-refractivity contribution is 5.91. The van der Waals surface area contributed by atoms with Gasteiger partial charge in [-0.05, 0) is 30.5 Å². The van der Waals surface area contributed by atoms with Crippen molar-refractivity contribution in [3.8, 4) is 0 Å². The molecule has 4 nitrogen and oxygen atoms in total. The van der Waals surface area contributed by atoms with Crippen molar-refractivity contribution < 1.29 is 14.6 Å². The van der Waals surface area contributed by atoms with Crippen LogP contribution in [0.5, 0.6) is 0 Å². The second-order valence-electron chi connectivity index (χ2n) is 5.58. The average Bonchev–Trinajstić information content (AvgIpc) is 2.39. The van der Waals surface area contributed by atoms with Gasteiger partial charge in [0.1, 0.15) is 0 Å². The van der Waals surface area contributed by atoms with Crippen LogP contribution in [0, 0.1) is 0 Å². The topological polar surface area (TPSA) is 58.6 Å². The van der Waals surface area contributed by atoms with E-state index >= 15 is 0 Å². The van der Waals surface area contributed by atoms with Crippen LogP contribution in [-0.4, -0.2) is 23.7 Å². The van der Waals surface area contributed by atoms with E-state index in [-0.39, 0.29) is 12.3 Å². The molecule has 0 aliphatic carbocycles. The minimum atomic E-state index is -0.891. The zero-order valence-electron chi connectivity index (χ0n) is 13.3. The molecule has 0 aliphatic rings. The molecule has 21 heavy (non-hydrogen) atoms. The van der Waals surface area contributed by atoms with Gasteiger partial charge in [0.05, 0.1) is 18.6 Å². The Kier molecular flexibility index (Phi) is 7.40. The van der Waals surface area contributed by atoms with Crippen molar-refractivity contribution >= 4 is 11.6 Å². The first-order chi connectivity index (χ1) is 10.0. The lowest BCUT2D eigenvalue weighted by atomic mass is 9.89. The van der Waals surface area contributed by atoms with E-state index in [0.717, 1.165) is 24.1 Å². The van der Waals surface area contributed by atoms with Gasteiger partial charge in [0.2, 0.25) is 5.91 Å². The first-order valence-electron chi connectivity index (χ1n) is 7.63. The summed E-state index contributed by atoms with van der Waals surface area (Å²) in [5.41, 5.74) is 0.857. The zero-order chi connectivity index (χ0) is 15.7. The lowest BCUT2D eigenvalue weighted by Crippen LogP contribution is -2.33. The monoisotopic (exact) mass is 293 g/mol. The highest BCUT2D eigenvalue weighted by Crippen LogP contribution is 2.24. The summed E-state index contributed by atoms with van der Waals surface area (Å²) in [5.74, 6) is -0.144. The fourth-order valence-corrected chi connectivity index (χ4v) is 2.64. The van der Waals surface area contributed by atoms with Crippen LogP contribution in [0.3, 0.4) is 0 Å². The molecule has 0 atom stereocenters. The van der Waals surface area contributed by atoms with Crippen molar-refractivity contribution in [2.45, 2.75) is 58.2 Å². The van der Waals surface area contributed by atoms with Gasteiger partial charge in [0.25, 0.3) is 0 Å². The van der Waals surface area contributed by atoms with Gasteiger partial charge in [-0.15, -0.1) is 0 Å². The molecule has 0 saturated heterocycles. The van der Waals surface area contributed by atoms with Crippen molar-refractivity contribution in [3.63, 3.8) is 0 Å². The normalized spacial score (nSPS) is 11.4. The Labute approximate surface area is 127 Å². The van der Waals surface area contributed by atoms with E-state index in [2.05, 4.69) is 5.32 Å². The number of benzene rings is 1. The molecule has 0 radical (unpaired) electrons. The molecular weight excluding hydrogens is 266 g/mol. The van der Waals surface area contributed by atoms with E-state index in [4.69, 9.17) is 4.74 Å². The molecule has 4 heteroatoms. The summed E-state index contributed by atoms with van der Waals surface area (Å²) in [7, 11) is 1.64. The van der Waals surface area contributed by atoms with Crippen LogP contribution in [0.25, 0.3) is 0 Å². The number of rotatable bonds is 9. The molecule has 0 fully saturated rings. The van der Waals surface area contributed by atoms with Crippen LogP contribution in [0.4, 0.5) is 5.69 Å². The van der Waals surface area contributed by atoms with E-state index in [1.165, 1.54) is 0 Å². The van der Waals surface area contributed by atoms with Gasteiger partial charge in [-0.25, -0.2) is 0 Å². The first kappa shape index (κ1) is 17.7. The molecule has 0 aromatic heterocycles. The summed E-state index contributed by atoms with van der Waals surface area (Å²) in [6.45, 7) is 4.55. The van der Waals surface area contributed by atoms with Crippen molar-refractivity contribution in [1.82, 2.24) is 0 Å². The van der Waals surface area contributed by atoms with E-state index < -0.39 is 5.60 Å². The third-order valence-corrected chi connectivity index (χ3v) is 3.44. The fourth-order valence-electron chi connectivity index (χ4n) is 2.64. The first-order valence-corrected chi connectivity index (χ1v) is 7.63. The molecule has 0 heterocycles. The fraction of sp³-hybridized carbons (Fsp3) is 0.588. The number of nitrogens with one attached hydrogen (secondary N) is 1. The number of ether oxygens (including phenoxy) is 1. The van der Waals surface area contributed by atoms with Crippen LogP contribution in [0.15, 0.2) is 24.3 Å². The molecule has 1 rings (SSSR count). The predicted octanol–water partition coefficient (Wildman–Crippen LogP) is 3.49. The van der Waals surface area contributed by atoms with Crippen LogP contribution in [-0.2, 0) is 16.1 Å². The third-order valence-electron chi connectivity index (χ3n) is 3.44.